The van der Waals surface area contributed by atoms with Gasteiger partial charge in [0.05, 0.1) is 5.41 Å². The number of rotatable bonds is 10. The lowest BCUT2D eigenvalue weighted by molar-refractivity contribution is -0.149. The van der Waals surface area contributed by atoms with Crippen molar-refractivity contribution in [1.82, 2.24) is 0 Å². The minimum absolute atomic E-state index is 0.483. The number of aliphatic carboxylic acids is 1. The fourth-order valence-electron chi connectivity index (χ4n) is 2.05. The van der Waals surface area contributed by atoms with Gasteiger partial charge >= 0.3 is 5.97 Å². The van der Waals surface area contributed by atoms with Crippen molar-refractivity contribution in [2.45, 2.75) is 78.6 Å². The summed E-state index contributed by atoms with van der Waals surface area (Å²) in [5.41, 5.74) is -0.483. The second-order valence-electron chi connectivity index (χ2n) is 5.13. The van der Waals surface area contributed by atoms with Gasteiger partial charge < -0.3 is 5.11 Å². The molecule has 1 unspecified atom stereocenters. The fraction of sp³-hybridized carbons (Fsp3) is 0.929. The van der Waals surface area contributed by atoms with Crippen LogP contribution in [0.4, 0.5) is 0 Å². The Hall–Kier alpha value is -0.530. The molecule has 0 saturated heterocycles. The monoisotopic (exact) mass is 228 g/mol. The molecule has 0 saturated carbocycles. The lowest BCUT2D eigenvalue weighted by Crippen LogP contribution is -2.27. The maximum absolute atomic E-state index is 11.3. The molecule has 1 atom stereocenters. The largest absolute Gasteiger partial charge is 0.481 e. The first-order chi connectivity index (χ1) is 7.56. The highest BCUT2D eigenvalue weighted by Crippen LogP contribution is 2.31. The summed E-state index contributed by atoms with van der Waals surface area (Å²) >= 11 is 0. The predicted molar refractivity (Wildman–Crippen MR) is 68.6 cm³/mol. The first-order valence-corrected chi connectivity index (χ1v) is 6.80. The van der Waals surface area contributed by atoms with Gasteiger partial charge in [-0.05, 0) is 19.8 Å². The SMILES string of the molecule is CCCCCCC(C)(CCCCC)C(=O)O. The Balaban J connectivity index is 3.96. The van der Waals surface area contributed by atoms with Gasteiger partial charge in [0.2, 0.25) is 0 Å². The Kier molecular flexibility index (Phi) is 8.32. The van der Waals surface area contributed by atoms with Gasteiger partial charge in [-0.1, -0.05) is 58.8 Å². The van der Waals surface area contributed by atoms with E-state index >= 15 is 0 Å². The van der Waals surface area contributed by atoms with Crippen LogP contribution >= 0.6 is 0 Å². The molecular formula is C14H28O2. The summed E-state index contributed by atoms with van der Waals surface area (Å²) in [4.78, 5) is 11.3. The van der Waals surface area contributed by atoms with Crippen LogP contribution in [0.3, 0.4) is 0 Å². The highest BCUT2D eigenvalue weighted by atomic mass is 16.4. The van der Waals surface area contributed by atoms with E-state index in [0.29, 0.717) is 0 Å². The molecule has 0 aromatic heterocycles. The molecule has 1 N–H and O–H groups in total. The molecule has 0 rings (SSSR count). The highest BCUT2D eigenvalue weighted by Gasteiger charge is 2.31. The summed E-state index contributed by atoms with van der Waals surface area (Å²) < 4.78 is 0. The van der Waals surface area contributed by atoms with Crippen LogP contribution in [0.2, 0.25) is 0 Å². The number of carboxylic acid groups (broad SMARTS) is 1. The van der Waals surface area contributed by atoms with E-state index in [0.717, 1.165) is 38.5 Å². The van der Waals surface area contributed by atoms with Gasteiger partial charge in [-0.25, -0.2) is 0 Å². The van der Waals surface area contributed by atoms with Crippen molar-refractivity contribution >= 4 is 5.97 Å². The molecule has 2 nitrogen and oxygen atoms in total. The molecule has 0 bridgehead atoms. The normalized spacial score (nSPS) is 14.7. The van der Waals surface area contributed by atoms with Crippen molar-refractivity contribution in [3.8, 4) is 0 Å². The maximum Gasteiger partial charge on any atom is 0.309 e. The zero-order valence-corrected chi connectivity index (χ0v) is 11.2. The number of hydrogen-bond acceptors (Lipinski definition) is 1. The Bertz CT molecular complexity index is 189. The third-order valence-corrected chi connectivity index (χ3v) is 3.43. The van der Waals surface area contributed by atoms with Crippen LogP contribution in [0.15, 0.2) is 0 Å². The average molecular weight is 228 g/mol. The van der Waals surface area contributed by atoms with E-state index < -0.39 is 11.4 Å². The number of carboxylic acids is 1. The second-order valence-corrected chi connectivity index (χ2v) is 5.13. The van der Waals surface area contributed by atoms with E-state index in [-0.39, 0.29) is 0 Å². The van der Waals surface area contributed by atoms with E-state index in [4.69, 9.17) is 0 Å². The van der Waals surface area contributed by atoms with Crippen LogP contribution < -0.4 is 0 Å². The van der Waals surface area contributed by atoms with E-state index in [1.165, 1.54) is 19.3 Å². The predicted octanol–water partition coefficient (Wildman–Crippen LogP) is 4.63. The van der Waals surface area contributed by atoms with Crippen LogP contribution in [-0.4, -0.2) is 11.1 Å². The van der Waals surface area contributed by atoms with Gasteiger partial charge in [0.25, 0.3) is 0 Å². The van der Waals surface area contributed by atoms with Crippen molar-refractivity contribution in [2.75, 3.05) is 0 Å². The van der Waals surface area contributed by atoms with E-state index in [2.05, 4.69) is 13.8 Å². The van der Waals surface area contributed by atoms with Crippen molar-refractivity contribution in [3.05, 3.63) is 0 Å². The molecule has 0 aliphatic heterocycles. The number of unbranched alkanes of at least 4 members (excludes halogenated alkanes) is 5. The molecule has 2 heteroatoms. The van der Waals surface area contributed by atoms with Crippen LogP contribution in [-0.2, 0) is 4.79 Å². The van der Waals surface area contributed by atoms with Crippen molar-refractivity contribution in [3.63, 3.8) is 0 Å². The third-order valence-electron chi connectivity index (χ3n) is 3.43. The lowest BCUT2D eigenvalue weighted by atomic mass is 9.80. The standard InChI is InChI=1S/C14H28O2/c1-4-6-8-10-12-14(3,13(15)16)11-9-7-5-2/h4-12H2,1-3H3,(H,15,16). The molecule has 0 fully saturated rings. The van der Waals surface area contributed by atoms with E-state index in [1.807, 2.05) is 6.92 Å². The molecule has 0 heterocycles. The first-order valence-electron chi connectivity index (χ1n) is 6.80. The highest BCUT2D eigenvalue weighted by molar-refractivity contribution is 5.74. The van der Waals surface area contributed by atoms with Gasteiger partial charge in [0.15, 0.2) is 0 Å². The van der Waals surface area contributed by atoms with Gasteiger partial charge in [0, 0.05) is 0 Å². The molecule has 0 aromatic carbocycles. The molecule has 16 heavy (non-hydrogen) atoms. The minimum Gasteiger partial charge on any atom is -0.481 e. The molecule has 0 aromatic rings. The Labute approximate surface area is 100 Å². The van der Waals surface area contributed by atoms with Gasteiger partial charge in [0.1, 0.15) is 0 Å². The summed E-state index contributed by atoms with van der Waals surface area (Å²) in [6.07, 6.45) is 9.70. The summed E-state index contributed by atoms with van der Waals surface area (Å²) in [5.74, 6) is -0.611. The quantitative estimate of drug-likeness (QED) is 0.554. The van der Waals surface area contributed by atoms with E-state index in [9.17, 15) is 9.90 Å². The lowest BCUT2D eigenvalue weighted by Gasteiger charge is -2.24. The molecular weight excluding hydrogens is 200 g/mol. The summed E-state index contributed by atoms with van der Waals surface area (Å²) in [5, 5.41) is 9.29. The first kappa shape index (κ1) is 15.5. The average Bonchev–Trinajstić information content (AvgIpc) is 2.25. The Morgan fingerprint density at radius 2 is 1.38 bits per heavy atom. The Morgan fingerprint density at radius 3 is 1.81 bits per heavy atom. The zero-order chi connectivity index (χ0) is 12.4. The van der Waals surface area contributed by atoms with Crippen LogP contribution in [0, 0.1) is 5.41 Å². The maximum atomic E-state index is 11.3. The van der Waals surface area contributed by atoms with Crippen LogP contribution in [0.1, 0.15) is 78.6 Å². The van der Waals surface area contributed by atoms with Crippen molar-refractivity contribution in [1.29, 1.82) is 0 Å². The molecule has 0 aliphatic rings. The summed E-state index contributed by atoms with van der Waals surface area (Å²) in [7, 11) is 0. The van der Waals surface area contributed by atoms with Crippen molar-refractivity contribution in [2.24, 2.45) is 5.41 Å². The van der Waals surface area contributed by atoms with E-state index in [1.54, 1.807) is 0 Å². The summed E-state index contributed by atoms with van der Waals surface area (Å²) in [6, 6.07) is 0. The molecule has 0 amide bonds. The van der Waals surface area contributed by atoms with Gasteiger partial charge in [-0.3, -0.25) is 4.79 Å². The second kappa shape index (κ2) is 8.60. The minimum atomic E-state index is -0.611. The topological polar surface area (TPSA) is 37.3 Å². The number of carbonyl (C=O) groups is 1. The molecule has 0 aliphatic carbocycles. The van der Waals surface area contributed by atoms with Crippen LogP contribution in [0.5, 0.6) is 0 Å². The zero-order valence-electron chi connectivity index (χ0n) is 11.2. The Morgan fingerprint density at radius 1 is 0.938 bits per heavy atom. The van der Waals surface area contributed by atoms with Gasteiger partial charge in [-0.15, -0.1) is 0 Å². The molecule has 0 radical (unpaired) electrons. The molecule has 0 spiro atoms. The smallest absolute Gasteiger partial charge is 0.309 e. The van der Waals surface area contributed by atoms with Crippen LogP contribution in [0.25, 0.3) is 0 Å². The third kappa shape index (κ3) is 6.14. The number of hydrogen-bond donors (Lipinski definition) is 1. The van der Waals surface area contributed by atoms with Gasteiger partial charge in [-0.2, -0.15) is 0 Å². The molecule has 96 valence electrons. The summed E-state index contributed by atoms with van der Waals surface area (Å²) in [6.45, 7) is 6.24. The van der Waals surface area contributed by atoms with Crippen molar-refractivity contribution < 1.29 is 9.90 Å². The fourth-order valence-corrected chi connectivity index (χ4v) is 2.05.